The Morgan fingerprint density at radius 2 is 0.531 bits per heavy atom. The molecule has 0 saturated carbocycles. The molecule has 9 aromatic rings. The van der Waals surface area contributed by atoms with E-state index in [4.69, 9.17) is 4.74 Å². The van der Waals surface area contributed by atoms with E-state index in [9.17, 15) is 0 Å². The molecule has 0 unspecified atom stereocenters. The third-order valence-electron chi connectivity index (χ3n) is 12.9. The number of hydrogen-bond donors (Lipinski definition) is 0. The van der Waals surface area contributed by atoms with Crippen LogP contribution in [0.3, 0.4) is 0 Å². The van der Waals surface area contributed by atoms with E-state index in [2.05, 4.69) is 221 Å². The third-order valence-corrected chi connectivity index (χ3v) is 12.9. The average Bonchev–Trinajstić information content (AvgIpc) is 3.37. The van der Waals surface area contributed by atoms with E-state index in [1.54, 1.807) is 0 Å². The van der Waals surface area contributed by atoms with Gasteiger partial charge in [0.2, 0.25) is 0 Å². The first-order valence-electron chi connectivity index (χ1n) is 23.0. The summed E-state index contributed by atoms with van der Waals surface area (Å²) < 4.78 is 6.54. The molecule has 0 aromatic heterocycles. The van der Waals surface area contributed by atoms with Crippen LogP contribution in [-0.2, 0) is 25.7 Å². The first-order valence-corrected chi connectivity index (χ1v) is 23.0. The number of aryl methyl sites for hydroxylation is 4. The number of fused-ring (bicyclic) bond motifs is 2. The van der Waals surface area contributed by atoms with Gasteiger partial charge in [-0.25, -0.2) is 0 Å². The lowest BCUT2D eigenvalue weighted by atomic mass is 9.89. The van der Waals surface area contributed by atoms with Crippen LogP contribution in [0.25, 0.3) is 66.8 Å². The van der Waals surface area contributed by atoms with Gasteiger partial charge in [0.05, 0.1) is 11.4 Å². The van der Waals surface area contributed by atoms with Crippen molar-refractivity contribution in [1.82, 2.24) is 0 Å². The van der Waals surface area contributed by atoms with Crippen LogP contribution in [0, 0.1) is 0 Å². The maximum absolute atomic E-state index is 6.54. The van der Waals surface area contributed by atoms with Gasteiger partial charge in [-0.1, -0.05) is 149 Å². The van der Waals surface area contributed by atoms with Gasteiger partial charge in [0, 0.05) is 5.69 Å². The van der Waals surface area contributed by atoms with Gasteiger partial charge in [-0.15, -0.1) is 0 Å². The lowest BCUT2D eigenvalue weighted by Gasteiger charge is -2.33. The van der Waals surface area contributed by atoms with Gasteiger partial charge < -0.3 is 9.64 Å². The van der Waals surface area contributed by atoms with Gasteiger partial charge in [0.15, 0.2) is 11.5 Å². The van der Waals surface area contributed by atoms with E-state index in [1.807, 2.05) is 12.1 Å². The maximum atomic E-state index is 6.54. The van der Waals surface area contributed by atoms with E-state index in [-0.39, 0.29) is 0 Å². The van der Waals surface area contributed by atoms with Crippen LogP contribution in [0.15, 0.2) is 200 Å². The summed E-state index contributed by atoms with van der Waals surface area (Å²) in [6.07, 6.45) is 4.04. The molecule has 0 N–H and O–H groups in total. The van der Waals surface area contributed by atoms with E-state index < -0.39 is 0 Å². The van der Waals surface area contributed by atoms with Crippen molar-refractivity contribution in [2.24, 2.45) is 0 Å². The standard InChI is InChI=1S/C62H53NO/c1-5-42-17-25-46(26-18-42)50-33-51(47-27-19-43(6-2)20-28-47)36-54(35-50)56-39-57(41-58(40-56)63-59-13-9-11-15-61(59)64-62-16-12-10-14-60(62)63)55-37-52(48-29-21-44(7-3)22-30-48)34-53(38-55)49-31-23-45(8-4)24-32-49/h9-41H,5-8H2,1-4H3. The molecule has 64 heavy (non-hydrogen) atoms. The molecule has 312 valence electrons. The van der Waals surface area contributed by atoms with Crippen LogP contribution in [0.5, 0.6) is 11.5 Å². The highest BCUT2D eigenvalue weighted by atomic mass is 16.5. The number of anilines is 3. The first kappa shape index (κ1) is 40.6. The topological polar surface area (TPSA) is 12.5 Å². The van der Waals surface area contributed by atoms with Gasteiger partial charge in [0.25, 0.3) is 0 Å². The van der Waals surface area contributed by atoms with Crippen molar-refractivity contribution in [3.8, 4) is 78.3 Å². The molecule has 0 fully saturated rings. The quantitative estimate of drug-likeness (QED) is 0.129. The molecule has 1 heterocycles. The number of hydrogen-bond acceptors (Lipinski definition) is 2. The highest BCUT2D eigenvalue weighted by Gasteiger charge is 2.26. The van der Waals surface area contributed by atoms with E-state index in [0.29, 0.717) is 0 Å². The van der Waals surface area contributed by atoms with Crippen LogP contribution < -0.4 is 9.64 Å². The fraction of sp³-hybridized carbons (Fsp3) is 0.129. The smallest absolute Gasteiger partial charge is 0.151 e. The SMILES string of the molecule is CCc1ccc(-c2cc(-c3ccc(CC)cc3)cc(-c3cc(-c4cc(-c5ccc(CC)cc5)cc(-c5ccc(CC)cc5)c4)cc(N4c5ccccc5Oc5ccccc54)c3)c2)cc1. The second-order valence-corrected chi connectivity index (χ2v) is 16.9. The van der Waals surface area contributed by atoms with Crippen molar-refractivity contribution in [3.05, 3.63) is 222 Å². The van der Waals surface area contributed by atoms with E-state index in [0.717, 1.165) is 76.5 Å². The fourth-order valence-electron chi connectivity index (χ4n) is 9.04. The van der Waals surface area contributed by atoms with Gasteiger partial charge in [-0.3, -0.25) is 0 Å². The number of para-hydroxylation sites is 4. The zero-order chi connectivity index (χ0) is 43.6. The Morgan fingerprint density at radius 3 is 0.812 bits per heavy atom. The molecule has 0 radical (unpaired) electrons. The second-order valence-electron chi connectivity index (χ2n) is 16.9. The van der Waals surface area contributed by atoms with Gasteiger partial charge in [0.1, 0.15) is 0 Å². The molecule has 2 nitrogen and oxygen atoms in total. The molecule has 0 atom stereocenters. The van der Waals surface area contributed by atoms with Crippen molar-refractivity contribution in [2.75, 3.05) is 4.90 Å². The molecular weight excluding hydrogens is 775 g/mol. The van der Waals surface area contributed by atoms with Crippen LogP contribution in [0.1, 0.15) is 49.9 Å². The molecule has 0 spiro atoms. The molecule has 0 amide bonds. The summed E-state index contributed by atoms with van der Waals surface area (Å²) in [5.74, 6) is 1.66. The number of rotatable bonds is 11. The predicted octanol–water partition coefficient (Wildman–Crippen LogP) is 17.5. The summed E-state index contributed by atoms with van der Waals surface area (Å²) in [4.78, 5) is 2.37. The Balaban J connectivity index is 1.23. The Bertz CT molecular complexity index is 2750. The summed E-state index contributed by atoms with van der Waals surface area (Å²) in [6.45, 7) is 8.86. The zero-order valence-electron chi connectivity index (χ0n) is 37.2. The minimum absolute atomic E-state index is 0.832. The lowest BCUT2D eigenvalue weighted by Crippen LogP contribution is -2.15. The molecule has 1 aliphatic heterocycles. The molecule has 0 bridgehead atoms. The van der Waals surface area contributed by atoms with Crippen LogP contribution >= 0.6 is 0 Å². The molecule has 2 heteroatoms. The van der Waals surface area contributed by atoms with E-state index in [1.165, 1.54) is 66.8 Å². The number of ether oxygens (including phenoxy) is 1. The second kappa shape index (κ2) is 17.8. The summed E-state index contributed by atoms with van der Waals surface area (Å²) in [5, 5.41) is 0. The minimum Gasteiger partial charge on any atom is -0.453 e. The zero-order valence-corrected chi connectivity index (χ0v) is 37.2. The normalized spacial score (nSPS) is 11.8. The van der Waals surface area contributed by atoms with Gasteiger partial charge >= 0.3 is 0 Å². The highest BCUT2D eigenvalue weighted by molar-refractivity contribution is 5.92. The van der Waals surface area contributed by atoms with Crippen LogP contribution in [0.4, 0.5) is 17.1 Å². The van der Waals surface area contributed by atoms with Crippen LogP contribution in [0.2, 0.25) is 0 Å². The van der Waals surface area contributed by atoms with Gasteiger partial charge in [-0.2, -0.15) is 0 Å². The molecule has 9 aromatic carbocycles. The highest BCUT2D eigenvalue weighted by Crippen LogP contribution is 2.51. The molecule has 10 rings (SSSR count). The number of nitrogens with zero attached hydrogens (tertiary/aromatic N) is 1. The molecular formula is C62H53NO. The third kappa shape index (κ3) is 8.16. The van der Waals surface area contributed by atoms with Crippen molar-refractivity contribution in [2.45, 2.75) is 53.4 Å². The first-order chi connectivity index (χ1) is 31.5. The number of benzene rings is 9. The van der Waals surface area contributed by atoms with E-state index >= 15 is 0 Å². The van der Waals surface area contributed by atoms with Crippen molar-refractivity contribution < 1.29 is 4.74 Å². The minimum atomic E-state index is 0.832. The largest absolute Gasteiger partial charge is 0.453 e. The predicted molar refractivity (Wildman–Crippen MR) is 271 cm³/mol. The maximum Gasteiger partial charge on any atom is 0.151 e. The Hall–Kier alpha value is -7.42. The van der Waals surface area contributed by atoms with Crippen molar-refractivity contribution in [3.63, 3.8) is 0 Å². The summed E-state index contributed by atoms with van der Waals surface area (Å²) in [7, 11) is 0. The monoisotopic (exact) mass is 827 g/mol. The lowest BCUT2D eigenvalue weighted by molar-refractivity contribution is 0.477. The van der Waals surface area contributed by atoms with Crippen molar-refractivity contribution >= 4 is 17.1 Å². The van der Waals surface area contributed by atoms with Crippen molar-refractivity contribution in [1.29, 1.82) is 0 Å². The van der Waals surface area contributed by atoms with Gasteiger partial charge in [-0.05, 0) is 194 Å². The Labute approximate surface area is 379 Å². The molecule has 0 aliphatic carbocycles. The average molecular weight is 828 g/mol. The molecule has 0 saturated heterocycles. The summed E-state index contributed by atoms with van der Waals surface area (Å²) >= 11 is 0. The summed E-state index contributed by atoms with van der Waals surface area (Å²) in [6, 6.07) is 74.4. The Kier molecular flexibility index (Phi) is 11.3. The van der Waals surface area contributed by atoms with Crippen LogP contribution in [-0.4, -0.2) is 0 Å². The Morgan fingerprint density at radius 1 is 0.281 bits per heavy atom. The summed E-state index contributed by atoms with van der Waals surface area (Å²) in [5.41, 5.74) is 22.6. The fourth-order valence-corrected chi connectivity index (χ4v) is 9.04. The molecule has 1 aliphatic rings.